The van der Waals surface area contributed by atoms with Crippen molar-refractivity contribution < 1.29 is 24.3 Å². The Labute approximate surface area is 124 Å². The molecule has 0 rings (SSSR count). The first-order valence-electron chi connectivity index (χ1n) is 7.15. The minimum absolute atomic E-state index is 0.0224. The first-order valence-corrected chi connectivity index (χ1v) is 7.15. The second kappa shape index (κ2) is 10.8. The fourth-order valence-electron chi connectivity index (χ4n) is 1.59. The number of carboxylic acid groups (broad SMARTS) is 1. The predicted molar refractivity (Wildman–Crippen MR) is 76.6 cm³/mol. The van der Waals surface area contributed by atoms with Crippen molar-refractivity contribution in [1.82, 2.24) is 10.6 Å². The lowest BCUT2D eigenvalue weighted by Gasteiger charge is -2.13. The molecule has 7 nitrogen and oxygen atoms in total. The van der Waals surface area contributed by atoms with Crippen molar-refractivity contribution in [3.63, 3.8) is 0 Å². The van der Waals surface area contributed by atoms with Crippen molar-refractivity contribution in [2.24, 2.45) is 0 Å². The largest absolute Gasteiger partial charge is 0.480 e. The lowest BCUT2D eigenvalue weighted by Crippen LogP contribution is -2.41. The molecule has 0 saturated carbocycles. The van der Waals surface area contributed by atoms with Crippen molar-refractivity contribution in [2.45, 2.75) is 58.4 Å². The number of ketones is 1. The molecule has 21 heavy (non-hydrogen) atoms. The van der Waals surface area contributed by atoms with Crippen LogP contribution in [0, 0.1) is 0 Å². The number of aliphatic carboxylic acids is 1. The first-order chi connectivity index (χ1) is 9.86. The normalized spacial score (nSPS) is 11.5. The van der Waals surface area contributed by atoms with Gasteiger partial charge in [-0.25, -0.2) is 4.79 Å². The fourth-order valence-corrected chi connectivity index (χ4v) is 1.59. The van der Waals surface area contributed by atoms with Crippen LogP contribution in [0.2, 0.25) is 0 Å². The number of carbonyl (C=O) groups excluding carboxylic acids is 3. The molecule has 0 spiro atoms. The standard InChI is InChI=1S/C14H24N2O5/c1-3-4-9-15-12(18)7-8-13(19)16-11(14(20)21)6-5-10(2)17/h11H,3-9H2,1-2H3,(H,15,18)(H,16,19)(H,20,21)/t11-/m0/s1. The van der Waals surface area contributed by atoms with Crippen LogP contribution in [0.3, 0.4) is 0 Å². The summed E-state index contributed by atoms with van der Waals surface area (Å²) in [5.41, 5.74) is 0. The summed E-state index contributed by atoms with van der Waals surface area (Å²) in [6.45, 7) is 3.95. The molecule has 2 amide bonds. The molecule has 0 radical (unpaired) electrons. The average Bonchev–Trinajstić information content (AvgIpc) is 2.41. The summed E-state index contributed by atoms with van der Waals surface area (Å²) in [7, 11) is 0. The van der Waals surface area contributed by atoms with E-state index in [0.717, 1.165) is 12.8 Å². The maximum absolute atomic E-state index is 11.6. The highest BCUT2D eigenvalue weighted by Crippen LogP contribution is 2.00. The number of hydrogen-bond donors (Lipinski definition) is 3. The van der Waals surface area contributed by atoms with E-state index in [0.29, 0.717) is 6.54 Å². The van der Waals surface area contributed by atoms with Crippen LogP contribution in [0.25, 0.3) is 0 Å². The summed E-state index contributed by atoms with van der Waals surface area (Å²) in [6, 6.07) is -1.09. The number of carboxylic acids is 1. The minimum atomic E-state index is -1.18. The molecule has 0 saturated heterocycles. The van der Waals surface area contributed by atoms with Crippen molar-refractivity contribution in [1.29, 1.82) is 0 Å². The second-order valence-electron chi connectivity index (χ2n) is 4.90. The lowest BCUT2D eigenvalue weighted by atomic mass is 10.1. The molecule has 3 N–H and O–H groups in total. The van der Waals surface area contributed by atoms with Gasteiger partial charge in [-0.3, -0.25) is 9.59 Å². The molecule has 1 atom stereocenters. The SMILES string of the molecule is CCCCNC(=O)CCC(=O)N[C@@H](CCC(C)=O)C(=O)O. The summed E-state index contributed by atoms with van der Waals surface area (Å²) in [5.74, 6) is -2.05. The summed E-state index contributed by atoms with van der Waals surface area (Å²) in [6.07, 6.45) is 1.95. The molecule has 7 heteroatoms. The summed E-state index contributed by atoms with van der Waals surface area (Å²) >= 11 is 0. The Morgan fingerprint density at radius 1 is 1.05 bits per heavy atom. The van der Waals surface area contributed by atoms with Crippen LogP contribution in [-0.4, -0.2) is 41.3 Å². The van der Waals surface area contributed by atoms with Crippen LogP contribution in [0.1, 0.15) is 52.4 Å². The summed E-state index contributed by atoms with van der Waals surface area (Å²) < 4.78 is 0. The Morgan fingerprint density at radius 2 is 1.67 bits per heavy atom. The molecule has 0 aromatic rings. The van der Waals surface area contributed by atoms with Gasteiger partial charge in [-0.05, 0) is 19.8 Å². The summed E-state index contributed by atoms with van der Waals surface area (Å²) in [4.78, 5) is 44.8. The summed E-state index contributed by atoms with van der Waals surface area (Å²) in [5, 5.41) is 13.9. The number of hydrogen-bond acceptors (Lipinski definition) is 4. The van der Waals surface area contributed by atoms with Crippen LogP contribution < -0.4 is 10.6 Å². The third-order valence-electron chi connectivity index (χ3n) is 2.85. The van der Waals surface area contributed by atoms with Gasteiger partial charge in [0.15, 0.2) is 0 Å². The van der Waals surface area contributed by atoms with Crippen LogP contribution >= 0.6 is 0 Å². The van der Waals surface area contributed by atoms with Gasteiger partial charge in [-0.15, -0.1) is 0 Å². The van der Waals surface area contributed by atoms with E-state index in [1.54, 1.807) is 0 Å². The molecule has 0 unspecified atom stereocenters. The Bertz CT molecular complexity index is 382. The van der Waals surface area contributed by atoms with Gasteiger partial charge in [0.2, 0.25) is 11.8 Å². The number of rotatable bonds is 11. The molecular weight excluding hydrogens is 276 g/mol. The quantitative estimate of drug-likeness (QED) is 0.484. The van der Waals surface area contributed by atoms with Gasteiger partial charge >= 0.3 is 5.97 Å². The minimum Gasteiger partial charge on any atom is -0.480 e. The Balaban J connectivity index is 4.05. The molecule has 0 fully saturated rings. The van der Waals surface area contributed by atoms with E-state index in [4.69, 9.17) is 5.11 Å². The molecule has 0 aliphatic carbocycles. The monoisotopic (exact) mass is 300 g/mol. The van der Waals surface area contributed by atoms with Crippen LogP contribution in [-0.2, 0) is 19.2 Å². The van der Waals surface area contributed by atoms with Gasteiger partial charge < -0.3 is 20.5 Å². The van der Waals surface area contributed by atoms with E-state index in [1.807, 2.05) is 6.92 Å². The molecule has 120 valence electrons. The van der Waals surface area contributed by atoms with Crippen LogP contribution in [0.5, 0.6) is 0 Å². The van der Waals surface area contributed by atoms with E-state index in [-0.39, 0.29) is 37.4 Å². The Hall–Kier alpha value is -1.92. The van der Waals surface area contributed by atoms with Crippen molar-refractivity contribution in [3.05, 3.63) is 0 Å². The highest BCUT2D eigenvalue weighted by atomic mass is 16.4. The number of Topliss-reactive ketones (excluding diaryl/α,β-unsaturated/α-hetero) is 1. The second-order valence-corrected chi connectivity index (χ2v) is 4.90. The third-order valence-corrected chi connectivity index (χ3v) is 2.85. The van der Waals surface area contributed by atoms with Crippen LogP contribution in [0.15, 0.2) is 0 Å². The third kappa shape index (κ3) is 10.5. The average molecular weight is 300 g/mol. The van der Waals surface area contributed by atoms with Gasteiger partial charge in [0.25, 0.3) is 0 Å². The van der Waals surface area contributed by atoms with Crippen molar-refractivity contribution in [2.75, 3.05) is 6.54 Å². The number of amides is 2. The van der Waals surface area contributed by atoms with Crippen molar-refractivity contribution in [3.8, 4) is 0 Å². The van der Waals surface area contributed by atoms with Crippen LogP contribution in [0.4, 0.5) is 0 Å². The van der Waals surface area contributed by atoms with Gasteiger partial charge in [0, 0.05) is 25.8 Å². The highest BCUT2D eigenvalue weighted by Gasteiger charge is 2.20. The number of unbranched alkanes of at least 4 members (excludes halogenated alkanes) is 1. The van der Waals surface area contributed by atoms with E-state index in [9.17, 15) is 19.2 Å². The van der Waals surface area contributed by atoms with E-state index < -0.39 is 17.9 Å². The molecule has 0 aromatic heterocycles. The Morgan fingerprint density at radius 3 is 2.19 bits per heavy atom. The van der Waals surface area contributed by atoms with Crippen molar-refractivity contribution >= 4 is 23.6 Å². The maximum atomic E-state index is 11.6. The zero-order valence-electron chi connectivity index (χ0n) is 12.6. The number of carbonyl (C=O) groups is 4. The molecule has 0 bridgehead atoms. The van der Waals surface area contributed by atoms with E-state index in [1.165, 1.54) is 6.92 Å². The zero-order valence-corrected chi connectivity index (χ0v) is 12.6. The van der Waals surface area contributed by atoms with Gasteiger partial charge in [0.05, 0.1) is 0 Å². The fraction of sp³-hybridized carbons (Fsp3) is 0.714. The van der Waals surface area contributed by atoms with Gasteiger partial charge in [-0.1, -0.05) is 13.3 Å². The lowest BCUT2D eigenvalue weighted by molar-refractivity contribution is -0.142. The molecular formula is C14H24N2O5. The Kier molecular flexibility index (Phi) is 9.83. The smallest absolute Gasteiger partial charge is 0.326 e. The topological polar surface area (TPSA) is 113 Å². The molecule has 0 aromatic carbocycles. The highest BCUT2D eigenvalue weighted by molar-refractivity contribution is 5.87. The van der Waals surface area contributed by atoms with Gasteiger partial charge in [0.1, 0.15) is 11.8 Å². The first kappa shape index (κ1) is 19.1. The maximum Gasteiger partial charge on any atom is 0.326 e. The van der Waals surface area contributed by atoms with E-state index >= 15 is 0 Å². The molecule has 0 aliphatic heterocycles. The van der Waals surface area contributed by atoms with E-state index in [2.05, 4.69) is 10.6 Å². The zero-order chi connectivity index (χ0) is 16.3. The predicted octanol–water partition coefficient (Wildman–Crippen LogP) is 0.622. The number of nitrogens with one attached hydrogen (secondary N) is 2. The van der Waals surface area contributed by atoms with Gasteiger partial charge in [-0.2, -0.15) is 0 Å². The molecule has 0 heterocycles. The molecule has 0 aliphatic rings.